The average molecular weight is 293 g/mol. The van der Waals surface area contributed by atoms with Crippen LogP contribution >= 0.6 is 0 Å². The SMILES string of the molecule is CN(C)C(=O)c1cc(N(C)CC2(O)CCOCC2)ccn1. The van der Waals surface area contributed by atoms with Gasteiger partial charge in [0, 0.05) is 65.6 Å². The predicted octanol–water partition coefficient (Wildman–Crippen LogP) is 0.761. The molecule has 1 aromatic rings. The van der Waals surface area contributed by atoms with Crippen molar-refractivity contribution in [3.8, 4) is 0 Å². The van der Waals surface area contributed by atoms with E-state index in [4.69, 9.17) is 4.74 Å². The number of ether oxygens (including phenoxy) is 1. The van der Waals surface area contributed by atoms with Crippen LogP contribution in [-0.4, -0.2) is 67.4 Å². The average Bonchev–Trinajstić information content (AvgIpc) is 2.46. The highest BCUT2D eigenvalue weighted by atomic mass is 16.5. The third-order valence-electron chi connectivity index (χ3n) is 3.76. The highest BCUT2D eigenvalue weighted by Crippen LogP contribution is 2.24. The molecule has 0 aliphatic carbocycles. The van der Waals surface area contributed by atoms with Crippen LogP contribution in [0.4, 0.5) is 5.69 Å². The Bertz CT molecular complexity index is 499. The standard InChI is InChI=1S/C15H23N3O3/c1-17(2)14(19)13-10-12(4-7-16-13)18(3)11-15(20)5-8-21-9-6-15/h4,7,10,20H,5-6,8-9,11H2,1-3H3. The van der Waals surface area contributed by atoms with E-state index < -0.39 is 5.60 Å². The number of carbonyl (C=O) groups excluding carboxylic acids is 1. The minimum atomic E-state index is -0.734. The molecule has 0 saturated carbocycles. The summed E-state index contributed by atoms with van der Waals surface area (Å²) in [4.78, 5) is 19.5. The van der Waals surface area contributed by atoms with Gasteiger partial charge in [-0.05, 0) is 12.1 Å². The molecule has 1 N–H and O–H groups in total. The molecule has 0 unspecified atom stereocenters. The molecule has 116 valence electrons. The molecule has 1 aliphatic rings. The van der Waals surface area contributed by atoms with Gasteiger partial charge < -0.3 is 19.6 Å². The number of aromatic nitrogens is 1. The first-order valence-electron chi connectivity index (χ1n) is 7.10. The van der Waals surface area contributed by atoms with Gasteiger partial charge in [-0.1, -0.05) is 0 Å². The van der Waals surface area contributed by atoms with E-state index in [1.54, 1.807) is 26.4 Å². The van der Waals surface area contributed by atoms with Gasteiger partial charge in [0.1, 0.15) is 5.69 Å². The maximum atomic E-state index is 12.0. The number of nitrogens with zero attached hydrogens (tertiary/aromatic N) is 3. The zero-order chi connectivity index (χ0) is 15.5. The summed E-state index contributed by atoms with van der Waals surface area (Å²) in [6, 6.07) is 3.60. The van der Waals surface area contributed by atoms with Crippen molar-refractivity contribution < 1.29 is 14.6 Å². The van der Waals surface area contributed by atoms with Crippen LogP contribution in [-0.2, 0) is 4.74 Å². The number of hydrogen-bond acceptors (Lipinski definition) is 5. The minimum absolute atomic E-state index is 0.130. The molecule has 0 spiro atoms. The summed E-state index contributed by atoms with van der Waals surface area (Å²) in [6.07, 6.45) is 2.88. The highest BCUT2D eigenvalue weighted by molar-refractivity contribution is 5.92. The molecule has 0 aromatic carbocycles. The summed E-state index contributed by atoms with van der Waals surface area (Å²) < 4.78 is 5.29. The molecule has 1 aliphatic heterocycles. The van der Waals surface area contributed by atoms with Crippen LogP contribution in [0, 0.1) is 0 Å². The topological polar surface area (TPSA) is 65.9 Å². The van der Waals surface area contributed by atoms with Gasteiger partial charge in [-0.15, -0.1) is 0 Å². The fraction of sp³-hybridized carbons (Fsp3) is 0.600. The van der Waals surface area contributed by atoms with Crippen LogP contribution < -0.4 is 4.90 Å². The van der Waals surface area contributed by atoms with Gasteiger partial charge in [0.15, 0.2) is 0 Å². The molecule has 0 radical (unpaired) electrons. The number of carbonyl (C=O) groups is 1. The summed E-state index contributed by atoms with van der Waals surface area (Å²) in [5.74, 6) is -0.130. The van der Waals surface area contributed by atoms with Crippen molar-refractivity contribution in [3.05, 3.63) is 24.0 Å². The minimum Gasteiger partial charge on any atom is -0.388 e. The maximum absolute atomic E-state index is 12.0. The van der Waals surface area contributed by atoms with Crippen molar-refractivity contribution in [1.29, 1.82) is 0 Å². The number of hydrogen-bond donors (Lipinski definition) is 1. The van der Waals surface area contributed by atoms with Gasteiger partial charge in [-0.2, -0.15) is 0 Å². The summed E-state index contributed by atoms with van der Waals surface area (Å²) in [7, 11) is 5.31. The molecule has 1 aromatic heterocycles. The normalized spacial score (nSPS) is 17.3. The Morgan fingerprint density at radius 2 is 2.05 bits per heavy atom. The molecular weight excluding hydrogens is 270 g/mol. The highest BCUT2D eigenvalue weighted by Gasteiger charge is 2.31. The zero-order valence-electron chi connectivity index (χ0n) is 12.9. The largest absolute Gasteiger partial charge is 0.388 e. The second-order valence-corrected chi connectivity index (χ2v) is 5.79. The Balaban J connectivity index is 2.10. The molecule has 2 heterocycles. The van der Waals surface area contributed by atoms with E-state index in [2.05, 4.69) is 4.98 Å². The van der Waals surface area contributed by atoms with Crippen molar-refractivity contribution in [2.45, 2.75) is 18.4 Å². The second kappa shape index (κ2) is 6.41. The van der Waals surface area contributed by atoms with Crippen LogP contribution in [0.5, 0.6) is 0 Å². The summed E-state index contributed by atoms with van der Waals surface area (Å²) >= 11 is 0. The lowest BCUT2D eigenvalue weighted by molar-refractivity contribution is -0.0572. The number of likely N-dealkylation sites (N-methyl/N-ethyl adjacent to an activating group) is 1. The fourth-order valence-electron chi connectivity index (χ4n) is 2.45. The molecule has 0 bridgehead atoms. The van der Waals surface area contributed by atoms with E-state index in [-0.39, 0.29) is 5.91 Å². The van der Waals surface area contributed by atoms with E-state index >= 15 is 0 Å². The quantitative estimate of drug-likeness (QED) is 0.888. The predicted molar refractivity (Wildman–Crippen MR) is 80.5 cm³/mol. The van der Waals surface area contributed by atoms with Crippen LogP contribution in [0.2, 0.25) is 0 Å². The Hall–Kier alpha value is -1.66. The van der Waals surface area contributed by atoms with Crippen molar-refractivity contribution in [2.75, 3.05) is 45.8 Å². The van der Waals surface area contributed by atoms with Crippen molar-refractivity contribution in [2.24, 2.45) is 0 Å². The van der Waals surface area contributed by atoms with Gasteiger partial charge in [0.25, 0.3) is 5.91 Å². The summed E-state index contributed by atoms with van der Waals surface area (Å²) in [6.45, 7) is 1.69. The third kappa shape index (κ3) is 3.92. The molecule has 1 fully saturated rings. The van der Waals surface area contributed by atoms with E-state index in [9.17, 15) is 9.90 Å². The van der Waals surface area contributed by atoms with E-state index in [1.165, 1.54) is 4.90 Å². The van der Waals surface area contributed by atoms with Crippen molar-refractivity contribution >= 4 is 11.6 Å². The van der Waals surface area contributed by atoms with Crippen LogP contribution in [0.3, 0.4) is 0 Å². The lowest BCUT2D eigenvalue weighted by Crippen LogP contribution is -2.45. The Morgan fingerprint density at radius 1 is 1.38 bits per heavy atom. The monoisotopic (exact) mass is 293 g/mol. The molecule has 6 nitrogen and oxygen atoms in total. The first-order valence-corrected chi connectivity index (χ1v) is 7.10. The Kier molecular flexibility index (Phi) is 4.80. The van der Waals surface area contributed by atoms with Crippen LogP contribution in [0.1, 0.15) is 23.3 Å². The first kappa shape index (κ1) is 15.7. The lowest BCUT2D eigenvalue weighted by atomic mass is 9.94. The number of anilines is 1. The molecule has 21 heavy (non-hydrogen) atoms. The summed E-state index contributed by atoms with van der Waals surface area (Å²) in [5, 5.41) is 10.6. The lowest BCUT2D eigenvalue weighted by Gasteiger charge is -2.36. The van der Waals surface area contributed by atoms with Gasteiger partial charge in [0.2, 0.25) is 0 Å². The van der Waals surface area contributed by atoms with E-state index in [1.807, 2.05) is 18.0 Å². The second-order valence-electron chi connectivity index (χ2n) is 5.79. The smallest absolute Gasteiger partial charge is 0.272 e. The van der Waals surface area contributed by atoms with Crippen molar-refractivity contribution in [1.82, 2.24) is 9.88 Å². The van der Waals surface area contributed by atoms with Crippen LogP contribution in [0.15, 0.2) is 18.3 Å². The van der Waals surface area contributed by atoms with E-state index in [0.29, 0.717) is 38.3 Å². The van der Waals surface area contributed by atoms with Gasteiger partial charge in [-0.25, -0.2) is 0 Å². The molecular formula is C15H23N3O3. The van der Waals surface area contributed by atoms with Crippen LogP contribution in [0.25, 0.3) is 0 Å². The summed E-state index contributed by atoms with van der Waals surface area (Å²) in [5.41, 5.74) is 0.542. The number of aliphatic hydroxyl groups is 1. The first-order chi connectivity index (χ1) is 9.91. The Labute approximate surface area is 125 Å². The molecule has 0 atom stereocenters. The number of pyridine rings is 1. The Morgan fingerprint density at radius 3 is 2.67 bits per heavy atom. The zero-order valence-corrected chi connectivity index (χ0v) is 12.9. The number of amides is 1. The molecule has 1 amide bonds. The number of rotatable bonds is 4. The van der Waals surface area contributed by atoms with E-state index in [0.717, 1.165) is 5.69 Å². The molecule has 1 saturated heterocycles. The van der Waals surface area contributed by atoms with Gasteiger partial charge in [-0.3, -0.25) is 9.78 Å². The van der Waals surface area contributed by atoms with Gasteiger partial charge >= 0.3 is 0 Å². The molecule has 6 heteroatoms. The maximum Gasteiger partial charge on any atom is 0.272 e. The molecule has 2 rings (SSSR count). The third-order valence-corrected chi connectivity index (χ3v) is 3.76. The fourth-order valence-corrected chi connectivity index (χ4v) is 2.45. The van der Waals surface area contributed by atoms with Gasteiger partial charge in [0.05, 0.1) is 5.60 Å². The van der Waals surface area contributed by atoms with Crippen molar-refractivity contribution in [3.63, 3.8) is 0 Å².